The molecule has 1 unspecified atom stereocenters. The molecule has 8 heteroatoms. The van der Waals surface area contributed by atoms with Crippen LogP contribution in [0.3, 0.4) is 0 Å². The minimum absolute atomic E-state index is 0.452. The Morgan fingerprint density at radius 3 is 2.71 bits per heavy atom. The van der Waals surface area contributed by atoms with Gasteiger partial charge in [0.2, 0.25) is 0 Å². The van der Waals surface area contributed by atoms with Gasteiger partial charge in [-0.1, -0.05) is 24.3 Å². The number of carbonyl (C=O) groups excluding carboxylic acids is 1. The van der Waals surface area contributed by atoms with Crippen molar-refractivity contribution in [2.24, 2.45) is 0 Å². The zero-order valence-corrected chi connectivity index (χ0v) is 11.8. The maximum absolute atomic E-state index is 13.0. The monoisotopic (exact) mass is 320 g/mol. The highest BCUT2D eigenvalue weighted by molar-refractivity contribution is 7.86. The molecule has 0 spiro atoms. The van der Waals surface area contributed by atoms with Crippen LogP contribution in [0.1, 0.15) is 29.9 Å². The van der Waals surface area contributed by atoms with Crippen molar-refractivity contribution in [1.29, 1.82) is 0 Å². The van der Waals surface area contributed by atoms with Gasteiger partial charge in [-0.3, -0.25) is 9.35 Å². The van der Waals surface area contributed by atoms with Gasteiger partial charge in [0.15, 0.2) is 6.61 Å². The topological polar surface area (TPSA) is 80.7 Å². The Kier molecular flexibility index (Phi) is 4.29. The normalized spacial score (nSPS) is 18.9. The zero-order valence-electron chi connectivity index (χ0n) is 11.0. The van der Waals surface area contributed by atoms with E-state index in [1.54, 1.807) is 12.1 Å². The Balaban J connectivity index is 2.09. The lowest BCUT2D eigenvalue weighted by Crippen LogP contribution is -2.35. The van der Waals surface area contributed by atoms with Gasteiger partial charge in [0.05, 0.1) is 5.92 Å². The molecule has 0 fully saturated rings. The predicted molar refractivity (Wildman–Crippen MR) is 69.6 cm³/mol. The van der Waals surface area contributed by atoms with Crippen LogP contribution < -0.4 is 0 Å². The number of benzene rings is 1. The van der Waals surface area contributed by atoms with Crippen molar-refractivity contribution in [3.05, 3.63) is 35.4 Å². The van der Waals surface area contributed by atoms with Crippen molar-refractivity contribution in [3.63, 3.8) is 0 Å². The summed E-state index contributed by atoms with van der Waals surface area (Å²) in [5.74, 6) is -1.60. The Hall–Kier alpha value is -1.54. The molecule has 5 nitrogen and oxygen atoms in total. The van der Waals surface area contributed by atoms with Crippen molar-refractivity contribution in [1.82, 2.24) is 0 Å². The fourth-order valence-corrected chi connectivity index (χ4v) is 2.54. The number of alkyl halides is 2. The van der Waals surface area contributed by atoms with Crippen LogP contribution in [0.15, 0.2) is 24.3 Å². The van der Waals surface area contributed by atoms with E-state index in [1.807, 2.05) is 12.1 Å². The molecule has 1 N–H and O–H groups in total. The average Bonchev–Trinajstić information content (AvgIpc) is 2.43. The molecule has 0 aromatic heterocycles. The molecule has 2 rings (SSSR count). The van der Waals surface area contributed by atoms with E-state index >= 15 is 0 Å². The summed E-state index contributed by atoms with van der Waals surface area (Å²) < 4.78 is 59.7. The lowest BCUT2D eigenvalue weighted by Gasteiger charge is -2.24. The zero-order chi connectivity index (χ0) is 15.7. The van der Waals surface area contributed by atoms with Crippen molar-refractivity contribution in [3.8, 4) is 0 Å². The van der Waals surface area contributed by atoms with E-state index in [4.69, 9.17) is 4.55 Å². The summed E-state index contributed by atoms with van der Waals surface area (Å²) in [5, 5.41) is -4.50. The molecule has 1 aromatic rings. The van der Waals surface area contributed by atoms with Crippen molar-refractivity contribution >= 4 is 16.1 Å². The molecule has 0 saturated heterocycles. The number of hydrogen-bond donors (Lipinski definition) is 1. The third-order valence-electron chi connectivity index (χ3n) is 3.41. The standard InChI is InChI=1S/C13H14F2O5S/c14-13(15,21(17,18)19)8-20-12(16)11-7-3-5-9-4-1-2-6-10(9)11/h1-2,4,6,11H,3,5,7-8H2,(H,17,18,19). The molecule has 0 heterocycles. The quantitative estimate of drug-likeness (QED) is 0.679. The van der Waals surface area contributed by atoms with E-state index in [2.05, 4.69) is 4.74 Å². The first-order valence-corrected chi connectivity index (χ1v) is 7.76. The summed E-state index contributed by atoms with van der Waals surface area (Å²) in [7, 11) is -5.60. The highest BCUT2D eigenvalue weighted by Crippen LogP contribution is 2.33. The average molecular weight is 320 g/mol. The molecule has 1 aliphatic carbocycles. The van der Waals surface area contributed by atoms with Gasteiger partial charge in [-0.05, 0) is 30.4 Å². The van der Waals surface area contributed by atoms with Crippen LogP contribution in [0.5, 0.6) is 0 Å². The summed E-state index contributed by atoms with van der Waals surface area (Å²) in [4.78, 5) is 11.9. The summed E-state index contributed by atoms with van der Waals surface area (Å²) in [6.45, 7) is -1.69. The first-order chi connectivity index (χ1) is 9.72. The second-order valence-electron chi connectivity index (χ2n) is 4.86. The Labute approximate surface area is 120 Å². The maximum Gasteiger partial charge on any atom is 0.402 e. The first-order valence-electron chi connectivity index (χ1n) is 6.31. The predicted octanol–water partition coefficient (Wildman–Crippen LogP) is 2.13. The Morgan fingerprint density at radius 1 is 1.38 bits per heavy atom. The van der Waals surface area contributed by atoms with Crippen LogP contribution in [0.2, 0.25) is 0 Å². The van der Waals surface area contributed by atoms with Gasteiger partial charge < -0.3 is 4.74 Å². The fraction of sp³-hybridized carbons (Fsp3) is 0.462. The maximum atomic E-state index is 13.0. The molecular formula is C13H14F2O5S. The summed E-state index contributed by atoms with van der Waals surface area (Å²) >= 11 is 0. The third-order valence-corrected chi connectivity index (χ3v) is 4.29. The molecule has 21 heavy (non-hydrogen) atoms. The second-order valence-corrected chi connectivity index (χ2v) is 6.41. The van der Waals surface area contributed by atoms with Crippen LogP contribution in [-0.4, -0.2) is 30.8 Å². The first kappa shape index (κ1) is 15.8. The Morgan fingerprint density at radius 2 is 2.05 bits per heavy atom. The Bertz CT molecular complexity index is 642. The number of ether oxygens (including phenoxy) is 1. The number of esters is 1. The van der Waals surface area contributed by atoms with Gasteiger partial charge in [0.25, 0.3) is 0 Å². The largest absolute Gasteiger partial charge is 0.457 e. The molecule has 1 atom stereocenters. The lowest BCUT2D eigenvalue weighted by atomic mass is 9.83. The number of rotatable bonds is 4. The summed E-state index contributed by atoms with van der Waals surface area (Å²) in [6.07, 6.45) is 1.96. The van der Waals surface area contributed by atoms with Gasteiger partial charge >= 0.3 is 21.3 Å². The van der Waals surface area contributed by atoms with E-state index in [0.717, 1.165) is 12.0 Å². The third kappa shape index (κ3) is 3.38. The molecule has 0 radical (unpaired) electrons. The highest BCUT2D eigenvalue weighted by Gasteiger charge is 2.46. The van der Waals surface area contributed by atoms with E-state index in [9.17, 15) is 22.0 Å². The molecule has 1 aromatic carbocycles. The van der Waals surface area contributed by atoms with Crippen LogP contribution >= 0.6 is 0 Å². The van der Waals surface area contributed by atoms with Gasteiger partial charge in [0.1, 0.15) is 0 Å². The molecular weight excluding hydrogens is 306 g/mol. The van der Waals surface area contributed by atoms with Gasteiger partial charge in [-0.15, -0.1) is 0 Å². The smallest absolute Gasteiger partial charge is 0.402 e. The number of aryl methyl sites for hydroxylation is 1. The number of carbonyl (C=O) groups is 1. The molecule has 0 saturated carbocycles. The van der Waals surface area contributed by atoms with Crippen LogP contribution in [0, 0.1) is 0 Å². The van der Waals surface area contributed by atoms with Crippen molar-refractivity contribution < 1.29 is 31.3 Å². The fourth-order valence-electron chi connectivity index (χ4n) is 2.33. The summed E-state index contributed by atoms with van der Waals surface area (Å²) in [5.41, 5.74) is 1.66. The number of halogens is 2. The highest BCUT2D eigenvalue weighted by atomic mass is 32.2. The van der Waals surface area contributed by atoms with Crippen LogP contribution in [0.4, 0.5) is 8.78 Å². The summed E-state index contributed by atoms with van der Waals surface area (Å²) in [6, 6.07) is 7.12. The van der Waals surface area contributed by atoms with Crippen LogP contribution in [0.25, 0.3) is 0 Å². The molecule has 0 aliphatic heterocycles. The van der Waals surface area contributed by atoms with Gasteiger partial charge in [-0.2, -0.15) is 17.2 Å². The van der Waals surface area contributed by atoms with Gasteiger partial charge in [-0.25, -0.2) is 0 Å². The van der Waals surface area contributed by atoms with Crippen LogP contribution in [-0.2, 0) is 26.1 Å². The van der Waals surface area contributed by atoms with E-state index in [0.29, 0.717) is 18.4 Å². The van der Waals surface area contributed by atoms with E-state index < -0.39 is 33.9 Å². The number of fused-ring (bicyclic) bond motifs is 1. The molecule has 116 valence electrons. The molecule has 0 amide bonds. The minimum atomic E-state index is -5.60. The second kappa shape index (κ2) is 5.69. The molecule has 1 aliphatic rings. The molecule has 0 bridgehead atoms. The lowest BCUT2D eigenvalue weighted by molar-refractivity contribution is -0.151. The van der Waals surface area contributed by atoms with Gasteiger partial charge in [0, 0.05) is 0 Å². The number of hydrogen-bond acceptors (Lipinski definition) is 4. The SMILES string of the molecule is O=C(OCC(F)(F)S(=O)(=O)O)C1CCCc2ccccc21. The van der Waals surface area contributed by atoms with Crippen molar-refractivity contribution in [2.75, 3.05) is 6.61 Å². The van der Waals surface area contributed by atoms with E-state index in [1.165, 1.54) is 0 Å². The van der Waals surface area contributed by atoms with Crippen molar-refractivity contribution in [2.45, 2.75) is 30.4 Å². The minimum Gasteiger partial charge on any atom is -0.457 e. The van der Waals surface area contributed by atoms with E-state index in [-0.39, 0.29) is 0 Å².